The molecule has 2 heteroatoms. The number of unbranched alkanes of at least 4 members (excludes halogenated alkanes) is 1. The number of rotatable bonds is 7. The summed E-state index contributed by atoms with van der Waals surface area (Å²) >= 11 is 0. The molecule has 0 amide bonds. The molecule has 0 rings (SSSR count). The molecule has 0 aliphatic rings. The van der Waals surface area contributed by atoms with Gasteiger partial charge in [0.2, 0.25) is 0 Å². The van der Waals surface area contributed by atoms with Gasteiger partial charge in [0.25, 0.3) is 0 Å². The van der Waals surface area contributed by atoms with Crippen LogP contribution in [0, 0.1) is 6.42 Å². The fourth-order valence-electron chi connectivity index (χ4n) is 0.454. The van der Waals surface area contributed by atoms with Crippen LogP contribution in [0.5, 0.6) is 0 Å². The molecule has 0 aliphatic carbocycles. The molecule has 0 heterocycles. The quantitative estimate of drug-likeness (QED) is 0.398. The highest BCUT2D eigenvalue weighted by atomic mass is 16.5. The monoisotopic (exact) mass is 141 g/mol. The maximum absolute atomic E-state index is 4.86. The first-order valence-electron chi connectivity index (χ1n) is 3.18. The van der Waals surface area contributed by atoms with Crippen molar-refractivity contribution < 1.29 is 9.47 Å². The van der Waals surface area contributed by atoms with Crippen LogP contribution in [0.15, 0.2) is 25.7 Å². The van der Waals surface area contributed by atoms with E-state index in [9.17, 15) is 0 Å². The second kappa shape index (κ2) is 8.08. The van der Waals surface area contributed by atoms with Crippen LogP contribution in [0.25, 0.3) is 0 Å². The summed E-state index contributed by atoms with van der Waals surface area (Å²) in [5.74, 6) is 0. The minimum Gasteiger partial charge on any atom is -0.502 e. The number of ether oxygens (including phenoxy) is 2. The van der Waals surface area contributed by atoms with Gasteiger partial charge < -0.3 is 9.47 Å². The van der Waals surface area contributed by atoms with E-state index in [0.717, 1.165) is 6.42 Å². The van der Waals surface area contributed by atoms with E-state index in [1.54, 1.807) is 0 Å². The van der Waals surface area contributed by atoms with Crippen LogP contribution in [0.1, 0.15) is 6.42 Å². The third-order valence-electron chi connectivity index (χ3n) is 0.890. The van der Waals surface area contributed by atoms with Crippen molar-refractivity contribution in [2.75, 3.05) is 13.2 Å². The smallest absolute Gasteiger partial charge is 0.0906 e. The Kier molecular flexibility index (Phi) is 7.34. The van der Waals surface area contributed by atoms with E-state index in [2.05, 4.69) is 13.2 Å². The number of hydrogen-bond acceptors (Lipinski definition) is 2. The molecule has 57 valence electrons. The molecule has 0 spiro atoms. The van der Waals surface area contributed by atoms with Crippen molar-refractivity contribution >= 4 is 0 Å². The van der Waals surface area contributed by atoms with Gasteiger partial charge in [0.1, 0.15) is 0 Å². The molecule has 0 aliphatic heterocycles. The molecule has 1 radical (unpaired) electrons. The minimum absolute atomic E-state index is 0.601. The summed E-state index contributed by atoms with van der Waals surface area (Å²) in [5, 5.41) is 0. The zero-order valence-electron chi connectivity index (χ0n) is 6.08. The van der Waals surface area contributed by atoms with Gasteiger partial charge in [0, 0.05) is 6.42 Å². The predicted molar refractivity (Wildman–Crippen MR) is 41.2 cm³/mol. The lowest BCUT2D eigenvalue weighted by atomic mass is 10.3. The first kappa shape index (κ1) is 9.08. The first-order chi connectivity index (χ1) is 4.91. The van der Waals surface area contributed by atoms with Gasteiger partial charge in [-0.2, -0.15) is 0 Å². The summed E-state index contributed by atoms with van der Waals surface area (Å²) in [6.07, 6.45) is 5.71. The summed E-state index contributed by atoms with van der Waals surface area (Å²) in [4.78, 5) is 0. The molecule has 0 bridgehead atoms. The van der Waals surface area contributed by atoms with Crippen molar-refractivity contribution in [3.05, 3.63) is 32.1 Å². The summed E-state index contributed by atoms with van der Waals surface area (Å²) < 4.78 is 9.71. The maximum atomic E-state index is 4.86. The van der Waals surface area contributed by atoms with Crippen molar-refractivity contribution in [2.24, 2.45) is 0 Å². The normalized spacial score (nSPS) is 8.40. The van der Waals surface area contributed by atoms with Crippen molar-refractivity contribution in [3.8, 4) is 0 Å². The van der Waals surface area contributed by atoms with Crippen molar-refractivity contribution in [2.45, 2.75) is 6.42 Å². The predicted octanol–water partition coefficient (Wildman–Crippen LogP) is 1.90. The Labute approximate surface area is 62.1 Å². The lowest BCUT2D eigenvalue weighted by Crippen LogP contribution is -1.93. The summed E-state index contributed by atoms with van der Waals surface area (Å²) in [6, 6.07) is 0. The van der Waals surface area contributed by atoms with E-state index < -0.39 is 0 Å². The van der Waals surface area contributed by atoms with E-state index in [4.69, 9.17) is 9.47 Å². The summed E-state index contributed by atoms with van der Waals surface area (Å²) in [7, 11) is 0. The van der Waals surface area contributed by atoms with Crippen LogP contribution in [0.3, 0.4) is 0 Å². The van der Waals surface area contributed by atoms with E-state index in [1.807, 2.05) is 6.42 Å². The van der Waals surface area contributed by atoms with Crippen LogP contribution in [-0.4, -0.2) is 13.2 Å². The summed E-state index contributed by atoms with van der Waals surface area (Å²) in [6.45, 7) is 8.09. The average molecular weight is 141 g/mol. The highest BCUT2D eigenvalue weighted by molar-refractivity contribution is 4.65. The van der Waals surface area contributed by atoms with Gasteiger partial charge in [0.05, 0.1) is 25.7 Å². The lowest BCUT2D eigenvalue weighted by molar-refractivity contribution is 0.235. The van der Waals surface area contributed by atoms with E-state index in [0.29, 0.717) is 13.2 Å². The van der Waals surface area contributed by atoms with Gasteiger partial charge >= 0.3 is 0 Å². The van der Waals surface area contributed by atoms with Gasteiger partial charge in [-0.15, -0.1) is 0 Å². The maximum Gasteiger partial charge on any atom is 0.0906 e. The van der Waals surface area contributed by atoms with Crippen LogP contribution >= 0.6 is 0 Å². The molecule has 10 heavy (non-hydrogen) atoms. The third kappa shape index (κ3) is 7.08. The largest absolute Gasteiger partial charge is 0.502 e. The van der Waals surface area contributed by atoms with Gasteiger partial charge in [0.15, 0.2) is 0 Å². The van der Waals surface area contributed by atoms with Gasteiger partial charge in [-0.3, -0.25) is 0 Å². The number of hydrogen-bond donors (Lipinski definition) is 0. The Balaban J connectivity index is 2.76. The van der Waals surface area contributed by atoms with Gasteiger partial charge in [-0.05, 0) is 6.42 Å². The summed E-state index contributed by atoms with van der Waals surface area (Å²) in [5.41, 5.74) is 0. The lowest BCUT2D eigenvalue weighted by Gasteiger charge is -1.99. The molecular formula is C8H13O2. The highest BCUT2D eigenvalue weighted by Gasteiger charge is 1.85. The van der Waals surface area contributed by atoms with Crippen LogP contribution in [0.4, 0.5) is 0 Å². The highest BCUT2D eigenvalue weighted by Crippen LogP contribution is 1.89. The fraction of sp³-hybridized carbons (Fsp3) is 0.375. The van der Waals surface area contributed by atoms with Crippen LogP contribution in [-0.2, 0) is 9.47 Å². The zero-order valence-corrected chi connectivity index (χ0v) is 6.08. The molecule has 0 aromatic heterocycles. The molecule has 0 N–H and O–H groups in total. The van der Waals surface area contributed by atoms with Crippen LogP contribution < -0.4 is 0 Å². The van der Waals surface area contributed by atoms with Gasteiger partial charge in [-0.1, -0.05) is 13.2 Å². The Hall–Kier alpha value is -0.920. The zero-order chi connectivity index (χ0) is 7.66. The van der Waals surface area contributed by atoms with Crippen LogP contribution in [0.2, 0.25) is 0 Å². The standard InChI is InChI=1S/C8H13O2/c1-3-9-7-5-6-8-10-4-2/h3-5H,1-2,6-8H2. The molecule has 0 atom stereocenters. The van der Waals surface area contributed by atoms with Crippen molar-refractivity contribution in [1.29, 1.82) is 0 Å². The average Bonchev–Trinajstić information content (AvgIpc) is 1.97. The topological polar surface area (TPSA) is 18.5 Å². The Morgan fingerprint density at radius 2 is 1.80 bits per heavy atom. The second-order valence-corrected chi connectivity index (χ2v) is 1.61. The molecular weight excluding hydrogens is 128 g/mol. The Morgan fingerprint density at radius 1 is 1.10 bits per heavy atom. The van der Waals surface area contributed by atoms with E-state index in [1.165, 1.54) is 12.5 Å². The minimum atomic E-state index is 0.601. The molecule has 0 saturated carbocycles. The Morgan fingerprint density at radius 3 is 2.40 bits per heavy atom. The first-order valence-corrected chi connectivity index (χ1v) is 3.18. The van der Waals surface area contributed by atoms with E-state index >= 15 is 0 Å². The molecule has 0 aromatic carbocycles. The Bertz CT molecular complexity index is 77.3. The van der Waals surface area contributed by atoms with Gasteiger partial charge in [-0.25, -0.2) is 0 Å². The van der Waals surface area contributed by atoms with E-state index in [-0.39, 0.29) is 0 Å². The van der Waals surface area contributed by atoms with Crippen molar-refractivity contribution in [1.82, 2.24) is 0 Å². The molecule has 0 unspecified atom stereocenters. The molecule has 0 fully saturated rings. The molecule has 0 saturated heterocycles. The second-order valence-electron chi connectivity index (χ2n) is 1.61. The molecule has 2 nitrogen and oxygen atoms in total. The molecule has 0 aromatic rings. The SMILES string of the molecule is C=COC[CH]CCOC=C. The third-order valence-corrected chi connectivity index (χ3v) is 0.890. The van der Waals surface area contributed by atoms with Crippen molar-refractivity contribution in [3.63, 3.8) is 0 Å². The fourth-order valence-corrected chi connectivity index (χ4v) is 0.454.